The number of rotatable bonds is 7. The molecule has 1 aromatic heterocycles. The molecule has 1 rings (SSSR count). The van der Waals surface area contributed by atoms with Crippen molar-refractivity contribution < 1.29 is 14.3 Å². The lowest BCUT2D eigenvalue weighted by Crippen LogP contribution is -2.21. The Labute approximate surface area is 115 Å². The molecule has 0 aliphatic heterocycles. The Morgan fingerprint density at radius 3 is 2.35 bits per heavy atom. The van der Waals surface area contributed by atoms with Crippen LogP contribution in [0.4, 0.5) is 0 Å². The van der Waals surface area contributed by atoms with Crippen LogP contribution < -0.4 is 0 Å². The van der Waals surface area contributed by atoms with Crippen molar-refractivity contribution in [3.05, 3.63) is 20.3 Å². The van der Waals surface area contributed by atoms with Crippen molar-refractivity contribution in [3.8, 4) is 0 Å². The maximum Gasteiger partial charge on any atom is 0.170 e. The van der Waals surface area contributed by atoms with Crippen molar-refractivity contribution >= 4 is 40.3 Å². The van der Waals surface area contributed by atoms with Gasteiger partial charge in [-0.25, -0.2) is 0 Å². The lowest BCUT2D eigenvalue weighted by atomic mass is 10.1. The monoisotopic (exact) mass is 296 g/mol. The van der Waals surface area contributed by atoms with Gasteiger partial charge in [-0.1, -0.05) is 23.2 Å². The number of halogens is 2. The topological polar surface area (TPSA) is 35.5 Å². The van der Waals surface area contributed by atoms with Gasteiger partial charge in [0.25, 0.3) is 0 Å². The SMILES string of the molecule is CCOC(CC(=O)c1cc(Cl)sc1Cl)OCC. The van der Waals surface area contributed by atoms with Gasteiger partial charge < -0.3 is 9.47 Å². The molecule has 0 aliphatic rings. The zero-order chi connectivity index (χ0) is 12.8. The number of carbonyl (C=O) groups is 1. The summed E-state index contributed by atoms with van der Waals surface area (Å²) in [6.07, 6.45) is -0.374. The summed E-state index contributed by atoms with van der Waals surface area (Å²) in [6, 6.07) is 1.58. The zero-order valence-corrected chi connectivity index (χ0v) is 12.0. The van der Waals surface area contributed by atoms with E-state index in [4.69, 9.17) is 32.7 Å². The third-order valence-electron chi connectivity index (χ3n) is 2.01. The molecule has 0 radical (unpaired) electrons. The average molecular weight is 297 g/mol. The van der Waals surface area contributed by atoms with Gasteiger partial charge in [0.05, 0.1) is 10.8 Å². The molecule has 0 spiro atoms. The summed E-state index contributed by atoms with van der Waals surface area (Å²) in [5, 5.41) is 0. The first-order valence-corrected chi connectivity index (χ1v) is 6.86. The molecule has 0 bridgehead atoms. The number of Topliss-reactive ketones (excluding diaryl/α,β-unsaturated/α-hetero) is 1. The molecule has 0 unspecified atom stereocenters. The number of ketones is 1. The van der Waals surface area contributed by atoms with Crippen molar-refractivity contribution in [2.75, 3.05) is 13.2 Å². The van der Waals surface area contributed by atoms with Crippen LogP contribution >= 0.6 is 34.5 Å². The van der Waals surface area contributed by atoms with Gasteiger partial charge in [0.2, 0.25) is 0 Å². The fourth-order valence-corrected chi connectivity index (χ4v) is 2.83. The highest BCUT2D eigenvalue weighted by Crippen LogP contribution is 2.32. The molecule has 1 aromatic rings. The highest BCUT2D eigenvalue weighted by atomic mass is 35.5. The minimum absolute atomic E-state index is 0.120. The van der Waals surface area contributed by atoms with Crippen LogP contribution in [0.3, 0.4) is 0 Å². The van der Waals surface area contributed by atoms with Crippen LogP contribution in [0.2, 0.25) is 8.67 Å². The number of hydrogen-bond donors (Lipinski definition) is 0. The third kappa shape index (κ3) is 4.56. The molecule has 6 heteroatoms. The molecule has 3 nitrogen and oxygen atoms in total. The first-order valence-electron chi connectivity index (χ1n) is 5.29. The number of thiophene rings is 1. The third-order valence-corrected chi connectivity index (χ3v) is 3.50. The minimum atomic E-state index is -0.521. The van der Waals surface area contributed by atoms with Crippen LogP contribution in [0.1, 0.15) is 30.6 Å². The molecule has 1 heterocycles. The van der Waals surface area contributed by atoms with Crippen molar-refractivity contribution in [2.24, 2.45) is 0 Å². The van der Waals surface area contributed by atoms with Crippen LogP contribution in [0.15, 0.2) is 6.07 Å². The summed E-state index contributed by atoms with van der Waals surface area (Å²) in [6.45, 7) is 4.70. The molecule has 0 fully saturated rings. The molecule has 17 heavy (non-hydrogen) atoms. The number of carbonyl (C=O) groups excluding carboxylic acids is 1. The maximum atomic E-state index is 11.9. The van der Waals surface area contributed by atoms with Crippen LogP contribution in [0, 0.1) is 0 Å². The van der Waals surface area contributed by atoms with Crippen molar-refractivity contribution in [3.63, 3.8) is 0 Å². The Kier molecular flexibility index (Phi) is 6.44. The predicted molar refractivity (Wildman–Crippen MR) is 70.3 cm³/mol. The van der Waals surface area contributed by atoms with E-state index in [1.807, 2.05) is 13.8 Å². The van der Waals surface area contributed by atoms with E-state index in [-0.39, 0.29) is 12.2 Å². The second kappa shape index (κ2) is 7.34. The van der Waals surface area contributed by atoms with Crippen molar-refractivity contribution in [1.29, 1.82) is 0 Å². The van der Waals surface area contributed by atoms with Crippen LogP contribution in [0.25, 0.3) is 0 Å². The molecule has 96 valence electrons. The first-order chi connectivity index (χ1) is 8.08. The quantitative estimate of drug-likeness (QED) is 0.563. The highest BCUT2D eigenvalue weighted by Gasteiger charge is 2.19. The van der Waals surface area contributed by atoms with Crippen molar-refractivity contribution in [1.82, 2.24) is 0 Å². The highest BCUT2D eigenvalue weighted by molar-refractivity contribution is 7.20. The lowest BCUT2D eigenvalue weighted by Gasteiger charge is -2.15. The summed E-state index contributed by atoms with van der Waals surface area (Å²) in [5.41, 5.74) is 0.436. The maximum absolute atomic E-state index is 11.9. The van der Waals surface area contributed by atoms with Gasteiger partial charge in [-0.2, -0.15) is 0 Å². The van der Waals surface area contributed by atoms with Gasteiger partial charge in [-0.15, -0.1) is 11.3 Å². The number of hydrogen-bond acceptors (Lipinski definition) is 4. The second-order valence-corrected chi connectivity index (χ2v) is 5.49. The first kappa shape index (κ1) is 14.9. The van der Waals surface area contributed by atoms with Gasteiger partial charge in [0, 0.05) is 18.8 Å². The largest absolute Gasteiger partial charge is 0.352 e. The smallest absolute Gasteiger partial charge is 0.170 e. The van der Waals surface area contributed by atoms with E-state index in [2.05, 4.69) is 0 Å². The van der Waals surface area contributed by atoms with E-state index < -0.39 is 6.29 Å². The van der Waals surface area contributed by atoms with E-state index in [1.165, 1.54) is 11.3 Å². The normalized spacial score (nSPS) is 11.1. The van der Waals surface area contributed by atoms with Gasteiger partial charge in [0.15, 0.2) is 12.1 Å². The van der Waals surface area contributed by atoms with E-state index in [9.17, 15) is 4.79 Å². The van der Waals surface area contributed by atoms with Crippen LogP contribution in [0.5, 0.6) is 0 Å². The summed E-state index contributed by atoms with van der Waals surface area (Å²) < 4.78 is 11.5. The Morgan fingerprint density at radius 2 is 1.94 bits per heavy atom. The van der Waals surface area contributed by atoms with Gasteiger partial charge in [-0.3, -0.25) is 4.79 Å². The molecule has 0 aliphatic carbocycles. The molecular formula is C11H14Cl2O3S. The van der Waals surface area contributed by atoms with E-state index in [1.54, 1.807) is 6.07 Å². The van der Waals surface area contributed by atoms with Gasteiger partial charge in [-0.05, 0) is 19.9 Å². The van der Waals surface area contributed by atoms with E-state index in [0.717, 1.165) is 0 Å². The number of ether oxygens (including phenoxy) is 2. The lowest BCUT2D eigenvalue weighted by molar-refractivity contribution is -0.133. The molecule has 0 aromatic carbocycles. The Morgan fingerprint density at radius 1 is 1.35 bits per heavy atom. The Bertz CT molecular complexity index is 373. The fourth-order valence-electron chi connectivity index (χ4n) is 1.33. The van der Waals surface area contributed by atoms with E-state index >= 15 is 0 Å². The zero-order valence-electron chi connectivity index (χ0n) is 9.66. The molecule has 0 saturated heterocycles. The molecule has 0 atom stereocenters. The minimum Gasteiger partial charge on any atom is -0.352 e. The summed E-state index contributed by atoms with van der Waals surface area (Å²) in [4.78, 5) is 11.9. The summed E-state index contributed by atoms with van der Waals surface area (Å²) in [5.74, 6) is -0.120. The predicted octanol–water partition coefficient (Wildman–Crippen LogP) is 4.03. The Hall–Kier alpha value is -0.130. The molecule has 0 amide bonds. The van der Waals surface area contributed by atoms with E-state index in [0.29, 0.717) is 27.4 Å². The summed E-state index contributed by atoms with van der Waals surface area (Å²) in [7, 11) is 0. The fraction of sp³-hybridized carbons (Fsp3) is 0.545. The second-order valence-electron chi connectivity index (χ2n) is 3.21. The summed E-state index contributed by atoms with van der Waals surface area (Å²) >= 11 is 12.9. The van der Waals surface area contributed by atoms with Crippen LogP contribution in [-0.4, -0.2) is 25.3 Å². The Balaban J connectivity index is 2.66. The van der Waals surface area contributed by atoms with Gasteiger partial charge in [0.1, 0.15) is 4.34 Å². The standard InChI is InChI=1S/C11H14Cl2O3S/c1-3-15-10(16-4-2)6-8(14)7-5-9(12)17-11(7)13/h5,10H,3-4,6H2,1-2H3. The molecule has 0 saturated carbocycles. The van der Waals surface area contributed by atoms with Gasteiger partial charge >= 0.3 is 0 Å². The van der Waals surface area contributed by atoms with Crippen LogP contribution in [-0.2, 0) is 9.47 Å². The average Bonchev–Trinajstić information content (AvgIpc) is 2.58. The molecule has 0 N–H and O–H groups in total. The van der Waals surface area contributed by atoms with Crippen molar-refractivity contribution in [2.45, 2.75) is 26.6 Å². The molecular weight excluding hydrogens is 283 g/mol.